The van der Waals surface area contributed by atoms with Gasteiger partial charge in [0.05, 0.1) is 17.5 Å². The third kappa shape index (κ3) is 4.26. The Morgan fingerprint density at radius 3 is 2.56 bits per heavy atom. The highest BCUT2D eigenvalue weighted by molar-refractivity contribution is 6.06. The van der Waals surface area contributed by atoms with Gasteiger partial charge in [0.1, 0.15) is 18.5 Å². The van der Waals surface area contributed by atoms with Crippen molar-refractivity contribution >= 4 is 11.8 Å². The number of rotatable bonds is 5. The van der Waals surface area contributed by atoms with Crippen LogP contribution in [0.25, 0.3) is 0 Å². The van der Waals surface area contributed by atoms with Gasteiger partial charge in [-0.05, 0) is 31.0 Å². The van der Waals surface area contributed by atoms with Crippen LogP contribution in [0.2, 0.25) is 0 Å². The highest BCUT2D eigenvalue weighted by Gasteiger charge is 2.51. The zero-order valence-electron chi connectivity index (χ0n) is 14.8. The number of aliphatic hydroxyl groups excluding tert-OH is 1. The molecule has 1 saturated carbocycles. The van der Waals surface area contributed by atoms with Crippen molar-refractivity contribution in [3.8, 4) is 5.75 Å². The van der Waals surface area contributed by atoms with Gasteiger partial charge in [0, 0.05) is 6.42 Å². The number of alkyl halides is 3. The number of hydrogen-bond donors (Lipinski definition) is 1. The van der Waals surface area contributed by atoms with Crippen molar-refractivity contribution in [2.75, 3.05) is 13.2 Å². The van der Waals surface area contributed by atoms with Crippen LogP contribution in [-0.2, 0) is 15.8 Å². The fraction of sp³-hybridized carbons (Fsp3) is 0.579. The van der Waals surface area contributed by atoms with Gasteiger partial charge in [0.25, 0.3) is 0 Å². The molecule has 3 rings (SSSR count). The maximum absolute atomic E-state index is 12.7. The van der Waals surface area contributed by atoms with E-state index in [9.17, 15) is 27.9 Å². The van der Waals surface area contributed by atoms with Crippen molar-refractivity contribution in [2.45, 2.75) is 50.8 Å². The number of amides is 2. The summed E-state index contributed by atoms with van der Waals surface area (Å²) in [4.78, 5) is 26.0. The minimum absolute atomic E-state index is 0.0355. The number of carbonyl (C=O) groups excluding carboxylic acids is 2. The first kappa shape index (κ1) is 19.7. The molecule has 0 bridgehead atoms. The van der Waals surface area contributed by atoms with Gasteiger partial charge >= 0.3 is 6.18 Å². The zero-order chi connectivity index (χ0) is 19.7. The number of carbonyl (C=O) groups is 2. The average molecular weight is 385 g/mol. The summed E-state index contributed by atoms with van der Waals surface area (Å²) in [5, 5.41) is 10.1. The Balaban J connectivity index is 1.57. The van der Waals surface area contributed by atoms with Crippen LogP contribution in [0.15, 0.2) is 24.3 Å². The number of hydrogen-bond acceptors (Lipinski definition) is 4. The van der Waals surface area contributed by atoms with Gasteiger partial charge in [-0.3, -0.25) is 14.5 Å². The minimum Gasteiger partial charge on any atom is -0.491 e. The van der Waals surface area contributed by atoms with E-state index in [2.05, 4.69) is 0 Å². The lowest BCUT2D eigenvalue weighted by Gasteiger charge is -2.30. The fourth-order valence-electron chi connectivity index (χ4n) is 3.88. The van der Waals surface area contributed by atoms with Gasteiger partial charge in [-0.1, -0.05) is 25.3 Å². The van der Waals surface area contributed by atoms with E-state index >= 15 is 0 Å². The van der Waals surface area contributed by atoms with E-state index < -0.39 is 23.3 Å². The second-order valence-electron chi connectivity index (χ2n) is 7.32. The molecular formula is C19H22F3NO4. The first-order chi connectivity index (χ1) is 12.7. The number of β-amino-alcohol motifs (C(OH)–C–C–N with tert-alkyl or cyclic N) is 1. The lowest BCUT2D eigenvalue weighted by atomic mass is 9.73. The molecule has 2 amide bonds. The van der Waals surface area contributed by atoms with Crippen LogP contribution in [0.4, 0.5) is 13.2 Å². The summed E-state index contributed by atoms with van der Waals surface area (Å²) >= 11 is 0. The lowest BCUT2D eigenvalue weighted by Crippen LogP contribution is -2.42. The predicted octanol–water partition coefficient (Wildman–Crippen LogP) is 3.15. The molecule has 1 unspecified atom stereocenters. The predicted molar refractivity (Wildman–Crippen MR) is 89.8 cm³/mol. The summed E-state index contributed by atoms with van der Waals surface area (Å²) < 4.78 is 43.4. The van der Waals surface area contributed by atoms with Gasteiger partial charge in [-0.2, -0.15) is 13.2 Å². The molecule has 0 aromatic heterocycles. The van der Waals surface area contributed by atoms with E-state index in [4.69, 9.17) is 4.74 Å². The number of likely N-dealkylation sites (tertiary alicyclic amines) is 1. The largest absolute Gasteiger partial charge is 0.491 e. The fourth-order valence-corrected chi connectivity index (χ4v) is 3.88. The van der Waals surface area contributed by atoms with Crippen LogP contribution in [0.1, 0.15) is 44.1 Å². The Bertz CT molecular complexity index is 713. The average Bonchev–Trinajstić information content (AvgIpc) is 2.84. The number of nitrogens with zero attached hydrogens (tertiary/aromatic N) is 1. The Kier molecular flexibility index (Phi) is 5.46. The maximum Gasteiger partial charge on any atom is 0.416 e. The Morgan fingerprint density at radius 1 is 1.19 bits per heavy atom. The summed E-state index contributed by atoms with van der Waals surface area (Å²) in [6, 6.07) is 4.33. The smallest absolute Gasteiger partial charge is 0.416 e. The minimum atomic E-state index is -4.49. The molecule has 1 aromatic rings. The summed E-state index contributed by atoms with van der Waals surface area (Å²) in [5.74, 6) is -0.586. The van der Waals surface area contributed by atoms with Crippen LogP contribution in [0.5, 0.6) is 5.75 Å². The second kappa shape index (κ2) is 7.50. The van der Waals surface area contributed by atoms with Crippen LogP contribution in [-0.4, -0.2) is 41.1 Å². The van der Waals surface area contributed by atoms with Gasteiger partial charge in [0.2, 0.25) is 11.8 Å². The monoisotopic (exact) mass is 385 g/mol. The summed E-state index contributed by atoms with van der Waals surface area (Å²) in [6.07, 6.45) is -1.24. The van der Waals surface area contributed by atoms with E-state index in [1.807, 2.05) is 0 Å². The van der Waals surface area contributed by atoms with E-state index in [0.717, 1.165) is 36.3 Å². The first-order valence-corrected chi connectivity index (χ1v) is 9.04. The van der Waals surface area contributed by atoms with E-state index in [1.165, 1.54) is 12.1 Å². The number of imide groups is 1. The first-order valence-electron chi connectivity index (χ1n) is 9.04. The molecule has 1 spiro atoms. The second-order valence-corrected chi connectivity index (χ2v) is 7.32. The van der Waals surface area contributed by atoms with Crippen LogP contribution in [0.3, 0.4) is 0 Å². The number of ether oxygens (including phenoxy) is 1. The maximum atomic E-state index is 12.7. The van der Waals surface area contributed by atoms with Crippen molar-refractivity contribution in [1.82, 2.24) is 4.90 Å². The Labute approximate surface area is 155 Å². The topological polar surface area (TPSA) is 66.8 Å². The Morgan fingerprint density at radius 2 is 1.89 bits per heavy atom. The molecule has 0 radical (unpaired) electrons. The SMILES string of the molecule is O=C1CC2(CCCCC2)C(=O)N1CC(O)COc1cccc(C(F)(F)F)c1. The molecule has 1 aliphatic carbocycles. The number of halogens is 3. The van der Waals surface area contributed by atoms with Crippen molar-refractivity contribution < 1.29 is 32.6 Å². The third-order valence-corrected chi connectivity index (χ3v) is 5.30. The van der Waals surface area contributed by atoms with Gasteiger partial charge in [0.15, 0.2) is 0 Å². The molecule has 2 aliphatic rings. The van der Waals surface area contributed by atoms with Gasteiger partial charge in [-0.15, -0.1) is 0 Å². The molecule has 1 aromatic carbocycles. The summed E-state index contributed by atoms with van der Waals surface area (Å²) in [7, 11) is 0. The third-order valence-electron chi connectivity index (χ3n) is 5.30. The summed E-state index contributed by atoms with van der Waals surface area (Å²) in [5.41, 5.74) is -1.48. The van der Waals surface area contributed by atoms with Crippen LogP contribution in [0, 0.1) is 5.41 Å². The zero-order valence-corrected chi connectivity index (χ0v) is 14.8. The molecule has 1 atom stereocenters. The normalized spacial score (nSPS) is 21.0. The van der Waals surface area contributed by atoms with Gasteiger partial charge < -0.3 is 9.84 Å². The molecule has 5 nitrogen and oxygen atoms in total. The van der Waals surface area contributed by atoms with Crippen molar-refractivity contribution in [2.24, 2.45) is 5.41 Å². The molecule has 1 aliphatic heterocycles. The molecular weight excluding hydrogens is 363 g/mol. The highest BCUT2D eigenvalue weighted by atomic mass is 19.4. The highest BCUT2D eigenvalue weighted by Crippen LogP contribution is 2.45. The lowest BCUT2D eigenvalue weighted by molar-refractivity contribution is -0.144. The Hall–Kier alpha value is -2.09. The van der Waals surface area contributed by atoms with Crippen molar-refractivity contribution in [3.05, 3.63) is 29.8 Å². The van der Waals surface area contributed by atoms with Crippen LogP contribution < -0.4 is 4.74 Å². The van der Waals surface area contributed by atoms with Crippen molar-refractivity contribution in [3.63, 3.8) is 0 Å². The van der Waals surface area contributed by atoms with E-state index in [0.29, 0.717) is 12.8 Å². The summed E-state index contributed by atoms with van der Waals surface area (Å²) in [6.45, 7) is -0.524. The molecule has 1 saturated heterocycles. The van der Waals surface area contributed by atoms with Crippen LogP contribution >= 0.6 is 0 Å². The standard InChI is InChI=1S/C19H22F3NO4/c20-19(21,22)13-5-4-6-15(9-13)27-12-14(24)11-23-16(25)10-18(17(23)26)7-2-1-3-8-18/h4-6,9,14,24H,1-3,7-8,10-12H2. The van der Waals surface area contributed by atoms with Crippen molar-refractivity contribution in [1.29, 1.82) is 0 Å². The number of benzene rings is 1. The molecule has 8 heteroatoms. The molecule has 1 N–H and O–H groups in total. The van der Waals surface area contributed by atoms with E-state index in [1.54, 1.807) is 0 Å². The molecule has 1 heterocycles. The molecule has 27 heavy (non-hydrogen) atoms. The quantitative estimate of drug-likeness (QED) is 0.791. The molecule has 2 fully saturated rings. The van der Waals surface area contributed by atoms with Gasteiger partial charge in [-0.25, -0.2) is 0 Å². The molecule has 148 valence electrons. The number of aliphatic hydroxyl groups is 1. The van der Waals surface area contributed by atoms with E-state index in [-0.39, 0.29) is 37.1 Å².